The first-order valence-electron chi connectivity index (χ1n) is 12.4. The van der Waals surface area contributed by atoms with E-state index in [2.05, 4.69) is 34.6 Å². The number of amides is 1. The van der Waals surface area contributed by atoms with E-state index in [1.165, 1.54) is 44.1 Å². The smallest absolute Gasteiger partial charge is 0.251 e. The first-order valence-corrected chi connectivity index (χ1v) is 12.4. The summed E-state index contributed by atoms with van der Waals surface area (Å²) in [6, 6.07) is 16.0. The van der Waals surface area contributed by atoms with Gasteiger partial charge in [-0.05, 0) is 98.3 Å². The fourth-order valence-corrected chi connectivity index (χ4v) is 7.26. The van der Waals surface area contributed by atoms with Gasteiger partial charge in [-0.15, -0.1) is 0 Å². The molecule has 0 unspecified atom stereocenters. The van der Waals surface area contributed by atoms with E-state index in [1.807, 2.05) is 24.3 Å². The number of nitrogens with one attached hydrogen (secondary N) is 1. The van der Waals surface area contributed by atoms with Crippen LogP contribution in [0.5, 0.6) is 0 Å². The van der Waals surface area contributed by atoms with E-state index in [0.717, 1.165) is 55.0 Å². The van der Waals surface area contributed by atoms with Crippen LogP contribution in [-0.2, 0) is 12.8 Å². The maximum absolute atomic E-state index is 12.8. The summed E-state index contributed by atoms with van der Waals surface area (Å²) in [6.45, 7) is 0.780. The van der Waals surface area contributed by atoms with Crippen LogP contribution in [0, 0.1) is 23.2 Å². The average Bonchev–Trinajstić information content (AvgIpc) is 3.19. The maximum Gasteiger partial charge on any atom is 0.251 e. The minimum absolute atomic E-state index is 0.00105. The third-order valence-electron chi connectivity index (χ3n) is 8.27. The number of aromatic nitrogens is 1. The second-order valence-corrected chi connectivity index (χ2v) is 10.7. The minimum atomic E-state index is -0.00105. The van der Waals surface area contributed by atoms with E-state index >= 15 is 0 Å². The largest absolute Gasteiger partial charge is 0.441 e. The van der Waals surface area contributed by atoms with Crippen LogP contribution in [0.3, 0.4) is 0 Å². The van der Waals surface area contributed by atoms with Gasteiger partial charge in [0.2, 0.25) is 0 Å². The highest BCUT2D eigenvalue weighted by Gasteiger charge is 2.50. The molecule has 1 N–H and O–H groups in total. The molecule has 4 fully saturated rings. The Morgan fingerprint density at radius 3 is 2.41 bits per heavy atom. The van der Waals surface area contributed by atoms with E-state index in [-0.39, 0.29) is 5.91 Å². The Bertz CT molecular complexity index is 1080. The van der Waals surface area contributed by atoms with Crippen molar-refractivity contribution in [2.24, 2.45) is 23.2 Å². The number of nitrogens with zero attached hydrogens (tertiary/aromatic N) is 1. The number of hydrogen-bond donors (Lipinski definition) is 1. The number of oxazole rings is 1. The number of rotatable bonds is 7. The Kier molecular flexibility index (Phi) is 5.04. The molecule has 1 aromatic heterocycles. The fraction of sp³-hybridized carbons (Fsp3) is 0.500. The molecule has 0 aliphatic heterocycles. The van der Waals surface area contributed by atoms with Gasteiger partial charge in [0.1, 0.15) is 5.52 Å². The van der Waals surface area contributed by atoms with Gasteiger partial charge < -0.3 is 9.73 Å². The summed E-state index contributed by atoms with van der Waals surface area (Å²) >= 11 is 0. The highest BCUT2D eigenvalue weighted by Crippen LogP contribution is 2.61. The molecule has 0 spiro atoms. The van der Waals surface area contributed by atoms with Crippen LogP contribution in [0.4, 0.5) is 0 Å². The summed E-state index contributed by atoms with van der Waals surface area (Å²) in [5, 5.41) is 3.19. The van der Waals surface area contributed by atoms with Gasteiger partial charge in [-0.1, -0.05) is 30.3 Å². The topological polar surface area (TPSA) is 55.1 Å². The van der Waals surface area contributed by atoms with Crippen molar-refractivity contribution in [1.29, 1.82) is 0 Å². The second-order valence-electron chi connectivity index (χ2n) is 10.7. The van der Waals surface area contributed by atoms with Gasteiger partial charge in [-0.3, -0.25) is 4.79 Å². The predicted octanol–water partition coefficient (Wildman–Crippen LogP) is 5.95. The van der Waals surface area contributed by atoms with Crippen molar-refractivity contribution < 1.29 is 9.21 Å². The molecule has 0 radical (unpaired) electrons. The van der Waals surface area contributed by atoms with E-state index in [0.29, 0.717) is 16.6 Å². The molecular weight excluding hydrogens is 396 g/mol. The molecule has 1 heterocycles. The van der Waals surface area contributed by atoms with Crippen molar-refractivity contribution >= 4 is 17.0 Å². The lowest BCUT2D eigenvalue weighted by molar-refractivity contribution is -0.0564. The van der Waals surface area contributed by atoms with E-state index < -0.39 is 0 Å². The van der Waals surface area contributed by atoms with Crippen LogP contribution in [-0.4, -0.2) is 17.4 Å². The second kappa shape index (κ2) is 8.06. The van der Waals surface area contributed by atoms with E-state index in [9.17, 15) is 4.79 Å². The Balaban J connectivity index is 1.07. The van der Waals surface area contributed by atoms with E-state index in [4.69, 9.17) is 4.42 Å². The number of carbonyl (C=O) groups is 1. The Labute approximate surface area is 189 Å². The van der Waals surface area contributed by atoms with Crippen LogP contribution >= 0.6 is 0 Å². The lowest BCUT2D eigenvalue weighted by atomic mass is 9.49. The van der Waals surface area contributed by atoms with Crippen LogP contribution in [0.25, 0.3) is 11.1 Å². The molecule has 7 rings (SSSR count). The summed E-state index contributed by atoms with van der Waals surface area (Å²) < 4.78 is 5.96. The van der Waals surface area contributed by atoms with Gasteiger partial charge in [0, 0.05) is 18.5 Å². The first kappa shape index (κ1) is 20.0. The zero-order chi connectivity index (χ0) is 21.5. The van der Waals surface area contributed by atoms with Gasteiger partial charge in [0.25, 0.3) is 5.91 Å². The summed E-state index contributed by atoms with van der Waals surface area (Å²) in [6.07, 6.45) is 11.4. The van der Waals surface area contributed by atoms with Crippen molar-refractivity contribution in [3.05, 3.63) is 65.5 Å². The van der Waals surface area contributed by atoms with Crippen LogP contribution in [0.1, 0.15) is 66.8 Å². The van der Waals surface area contributed by atoms with Gasteiger partial charge in [0.05, 0.1) is 0 Å². The molecule has 2 aromatic carbocycles. The van der Waals surface area contributed by atoms with Gasteiger partial charge in [-0.25, -0.2) is 4.98 Å². The normalized spacial score (nSPS) is 28.3. The summed E-state index contributed by atoms with van der Waals surface area (Å²) in [5.74, 6) is 3.60. The van der Waals surface area contributed by atoms with Gasteiger partial charge in [0.15, 0.2) is 11.5 Å². The SMILES string of the molecule is O=C(NCCC12CC3CC(CC(C3)C1)C2)c1ccc2nc(CCc3ccccc3)oc2c1. The number of hydrogen-bond acceptors (Lipinski definition) is 3. The third-order valence-corrected chi connectivity index (χ3v) is 8.27. The molecule has 32 heavy (non-hydrogen) atoms. The van der Waals surface area contributed by atoms with Gasteiger partial charge in [-0.2, -0.15) is 0 Å². The Morgan fingerprint density at radius 2 is 1.69 bits per heavy atom. The molecule has 4 saturated carbocycles. The molecule has 166 valence electrons. The lowest BCUT2D eigenvalue weighted by Gasteiger charge is -2.57. The molecule has 0 atom stereocenters. The maximum atomic E-state index is 12.8. The molecule has 3 aromatic rings. The monoisotopic (exact) mass is 428 g/mol. The molecule has 4 aliphatic rings. The highest BCUT2D eigenvalue weighted by atomic mass is 16.3. The number of carbonyl (C=O) groups excluding carboxylic acids is 1. The van der Waals surface area contributed by atoms with Crippen LogP contribution in [0.15, 0.2) is 52.9 Å². The van der Waals surface area contributed by atoms with Crippen LogP contribution < -0.4 is 5.32 Å². The highest BCUT2D eigenvalue weighted by molar-refractivity contribution is 5.97. The van der Waals surface area contributed by atoms with Crippen molar-refractivity contribution in [2.45, 2.75) is 57.8 Å². The first-order chi connectivity index (χ1) is 15.6. The molecule has 0 saturated heterocycles. The standard InChI is InChI=1S/C28H32N2O2/c31-27(29-11-10-28-16-20-12-21(17-28)14-22(13-20)18-28)23-7-8-24-25(15-23)32-26(30-24)9-6-19-4-2-1-3-5-19/h1-5,7-8,15,20-22H,6,9-14,16-18H2,(H,29,31). The Morgan fingerprint density at radius 1 is 0.969 bits per heavy atom. The van der Waals surface area contributed by atoms with Crippen LogP contribution in [0.2, 0.25) is 0 Å². The summed E-state index contributed by atoms with van der Waals surface area (Å²) in [4.78, 5) is 17.4. The van der Waals surface area contributed by atoms with Gasteiger partial charge >= 0.3 is 0 Å². The van der Waals surface area contributed by atoms with Crippen molar-refractivity contribution in [3.63, 3.8) is 0 Å². The predicted molar refractivity (Wildman–Crippen MR) is 125 cm³/mol. The summed E-state index contributed by atoms with van der Waals surface area (Å²) in [5.41, 5.74) is 3.95. The number of fused-ring (bicyclic) bond motifs is 1. The zero-order valence-corrected chi connectivity index (χ0v) is 18.7. The minimum Gasteiger partial charge on any atom is -0.441 e. The molecular formula is C28H32N2O2. The van der Waals surface area contributed by atoms with Crippen molar-refractivity contribution in [2.75, 3.05) is 6.54 Å². The summed E-state index contributed by atoms with van der Waals surface area (Å²) in [7, 11) is 0. The third kappa shape index (κ3) is 3.96. The lowest BCUT2D eigenvalue weighted by Crippen LogP contribution is -2.47. The molecule has 4 nitrogen and oxygen atoms in total. The van der Waals surface area contributed by atoms with Crippen molar-refractivity contribution in [1.82, 2.24) is 10.3 Å². The molecule has 4 heteroatoms. The number of benzene rings is 2. The fourth-order valence-electron chi connectivity index (χ4n) is 7.26. The molecule has 4 aliphatic carbocycles. The Hall–Kier alpha value is -2.62. The quantitative estimate of drug-likeness (QED) is 0.506. The molecule has 1 amide bonds. The van der Waals surface area contributed by atoms with E-state index in [1.54, 1.807) is 0 Å². The average molecular weight is 429 g/mol. The van der Waals surface area contributed by atoms with Crippen molar-refractivity contribution in [3.8, 4) is 0 Å². The molecule has 4 bridgehead atoms. The number of aryl methyl sites for hydroxylation is 2. The zero-order valence-electron chi connectivity index (χ0n) is 18.7.